The van der Waals surface area contributed by atoms with Crippen LogP contribution in [0.15, 0.2) is 48.8 Å². The van der Waals surface area contributed by atoms with Crippen molar-refractivity contribution in [2.45, 2.75) is 6.54 Å². The van der Waals surface area contributed by atoms with Crippen LogP contribution in [-0.4, -0.2) is 45.5 Å². The molecule has 0 fully saturated rings. The standard InChI is InChI=1S/C19H16FN3O4/c1-27-15(24)11-23(10-12-4-6-14(20)7-5-12)19(26)17-18(25)16-13(9-22-17)3-2-8-21-16/h2-9,25H,10-11H2,1H3. The summed E-state index contributed by atoms with van der Waals surface area (Å²) in [6.45, 7) is -0.344. The van der Waals surface area contributed by atoms with Crippen molar-refractivity contribution in [3.63, 3.8) is 0 Å². The van der Waals surface area contributed by atoms with E-state index >= 15 is 0 Å². The second-order valence-corrected chi connectivity index (χ2v) is 5.76. The van der Waals surface area contributed by atoms with E-state index in [9.17, 15) is 19.1 Å². The lowest BCUT2D eigenvalue weighted by molar-refractivity contribution is -0.141. The Morgan fingerprint density at radius 1 is 1.19 bits per heavy atom. The number of ether oxygens (including phenoxy) is 1. The van der Waals surface area contributed by atoms with Gasteiger partial charge in [0.25, 0.3) is 5.91 Å². The molecular formula is C19H16FN3O4. The minimum atomic E-state index is -0.672. The van der Waals surface area contributed by atoms with Crippen LogP contribution in [0.3, 0.4) is 0 Å². The number of esters is 1. The lowest BCUT2D eigenvalue weighted by Crippen LogP contribution is -2.36. The van der Waals surface area contributed by atoms with Gasteiger partial charge < -0.3 is 14.7 Å². The van der Waals surface area contributed by atoms with Gasteiger partial charge in [0.15, 0.2) is 11.4 Å². The summed E-state index contributed by atoms with van der Waals surface area (Å²) in [5.41, 5.74) is 0.606. The number of pyridine rings is 2. The molecule has 7 nitrogen and oxygen atoms in total. The molecule has 0 unspecified atom stereocenters. The molecule has 2 aromatic heterocycles. The van der Waals surface area contributed by atoms with Gasteiger partial charge in [0.1, 0.15) is 17.9 Å². The van der Waals surface area contributed by atoms with Gasteiger partial charge >= 0.3 is 5.97 Å². The Bertz CT molecular complexity index is 992. The molecule has 8 heteroatoms. The zero-order valence-corrected chi connectivity index (χ0v) is 14.4. The van der Waals surface area contributed by atoms with E-state index in [0.29, 0.717) is 10.9 Å². The highest BCUT2D eigenvalue weighted by molar-refractivity contribution is 6.01. The van der Waals surface area contributed by atoms with Crippen molar-refractivity contribution in [3.8, 4) is 5.75 Å². The first-order chi connectivity index (χ1) is 13.0. The topological polar surface area (TPSA) is 92.6 Å². The Morgan fingerprint density at radius 2 is 1.93 bits per heavy atom. The number of hydrogen-bond donors (Lipinski definition) is 1. The molecule has 0 radical (unpaired) electrons. The van der Waals surface area contributed by atoms with Crippen LogP contribution >= 0.6 is 0 Å². The molecule has 27 heavy (non-hydrogen) atoms. The number of rotatable bonds is 5. The van der Waals surface area contributed by atoms with E-state index in [1.54, 1.807) is 12.1 Å². The molecule has 1 N–H and O–H groups in total. The Morgan fingerprint density at radius 3 is 2.63 bits per heavy atom. The molecular weight excluding hydrogens is 353 g/mol. The number of amides is 1. The van der Waals surface area contributed by atoms with Crippen LogP contribution in [0.4, 0.5) is 4.39 Å². The van der Waals surface area contributed by atoms with E-state index in [1.165, 1.54) is 43.8 Å². The molecule has 0 spiro atoms. The number of fused-ring (bicyclic) bond motifs is 1. The summed E-state index contributed by atoms with van der Waals surface area (Å²) in [4.78, 5) is 33.9. The van der Waals surface area contributed by atoms with Gasteiger partial charge in [0.2, 0.25) is 0 Å². The van der Waals surface area contributed by atoms with Crippen molar-refractivity contribution in [3.05, 3.63) is 65.9 Å². The van der Waals surface area contributed by atoms with Crippen LogP contribution in [-0.2, 0) is 16.1 Å². The number of halogens is 1. The van der Waals surface area contributed by atoms with E-state index in [4.69, 9.17) is 0 Å². The fourth-order valence-electron chi connectivity index (χ4n) is 2.56. The third kappa shape index (κ3) is 4.00. The van der Waals surface area contributed by atoms with Crippen LogP contribution in [0.25, 0.3) is 10.9 Å². The second-order valence-electron chi connectivity index (χ2n) is 5.76. The molecule has 3 rings (SSSR count). The summed E-state index contributed by atoms with van der Waals surface area (Å²) in [5, 5.41) is 11.0. The highest BCUT2D eigenvalue weighted by Crippen LogP contribution is 2.26. The average molecular weight is 369 g/mol. The van der Waals surface area contributed by atoms with E-state index in [2.05, 4.69) is 14.7 Å². The molecule has 3 aromatic rings. The van der Waals surface area contributed by atoms with Crippen molar-refractivity contribution < 1.29 is 23.8 Å². The van der Waals surface area contributed by atoms with Gasteiger partial charge in [-0.05, 0) is 29.8 Å². The maximum Gasteiger partial charge on any atom is 0.325 e. The van der Waals surface area contributed by atoms with Gasteiger partial charge in [-0.1, -0.05) is 12.1 Å². The van der Waals surface area contributed by atoms with Gasteiger partial charge in [0.05, 0.1) is 7.11 Å². The van der Waals surface area contributed by atoms with E-state index < -0.39 is 17.7 Å². The van der Waals surface area contributed by atoms with Crippen LogP contribution in [0.5, 0.6) is 5.75 Å². The van der Waals surface area contributed by atoms with Crippen LogP contribution in [0.2, 0.25) is 0 Å². The summed E-state index contributed by atoms with van der Waals surface area (Å²) >= 11 is 0. The summed E-state index contributed by atoms with van der Waals surface area (Å²) in [6.07, 6.45) is 2.91. The maximum absolute atomic E-state index is 13.1. The van der Waals surface area contributed by atoms with Crippen molar-refractivity contribution in [2.75, 3.05) is 13.7 Å². The quantitative estimate of drug-likeness (QED) is 0.694. The maximum atomic E-state index is 13.1. The lowest BCUT2D eigenvalue weighted by Gasteiger charge is -2.21. The first kappa shape index (κ1) is 18.2. The number of hydrogen-bond acceptors (Lipinski definition) is 6. The van der Waals surface area contributed by atoms with Crippen LogP contribution in [0.1, 0.15) is 16.1 Å². The van der Waals surface area contributed by atoms with Gasteiger partial charge in [-0.3, -0.25) is 14.6 Å². The second kappa shape index (κ2) is 7.77. The predicted octanol–water partition coefficient (Wildman–Crippen LogP) is 2.29. The molecule has 0 bridgehead atoms. The third-order valence-electron chi connectivity index (χ3n) is 3.94. The molecule has 0 atom stereocenters. The van der Waals surface area contributed by atoms with E-state index in [-0.39, 0.29) is 30.0 Å². The van der Waals surface area contributed by atoms with Crippen molar-refractivity contribution >= 4 is 22.8 Å². The Balaban J connectivity index is 1.95. The number of aromatic nitrogens is 2. The average Bonchev–Trinajstić information content (AvgIpc) is 2.69. The minimum absolute atomic E-state index is 0.00951. The normalized spacial score (nSPS) is 10.6. The highest BCUT2D eigenvalue weighted by atomic mass is 19.1. The number of carbonyl (C=O) groups is 2. The number of benzene rings is 1. The molecule has 1 amide bonds. The molecule has 0 saturated carbocycles. The zero-order valence-electron chi connectivity index (χ0n) is 14.4. The molecule has 1 aromatic carbocycles. The summed E-state index contributed by atoms with van der Waals surface area (Å²) in [5.74, 6) is -2.09. The molecule has 0 aliphatic heterocycles. The first-order valence-electron chi connectivity index (χ1n) is 8.03. The molecule has 0 saturated heterocycles. The molecule has 0 aliphatic carbocycles. The van der Waals surface area contributed by atoms with Crippen LogP contribution < -0.4 is 0 Å². The predicted molar refractivity (Wildman–Crippen MR) is 94.4 cm³/mol. The van der Waals surface area contributed by atoms with Gasteiger partial charge in [-0.2, -0.15) is 0 Å². The SMILES string of the molecule is COC(=O)CN(Cc1ccc(F)cc1)C(=O)c1ncc2cccnc2c1O. The van der Waals surface area contributed by atoms with Crippen LogP contribution in [0, 0.1) is 5.82 Å². The third-order valence-corrected chi connectivity index (χ3v) is 3.94. The number of methoxy groups -OCH3 is 1. The molecule has 0 aliphatic rings. The number of carbonyl (C=O) groups excluding carboxylic acids is 2. The Labute approximate surface area is 154 Å². The summed E-state index contributed by atoms with van der Waals surface area (Å²) in [7, 11) is 1.21. The largest absolute Gasteiger partial charge is 0.504 e. The highest BCUT2D eigenvalue weighted by Gasteiger charge is 2.25. The van der Waals surface area contributed by atoms with Gasteiger partial charge in [0, 0.05) is 24.3 Å². The Kier molecular flexibility index (Phi) is 5.25. The van der Waals surface area contributed by atoms with Crippen molar-refractivity contribution in [1.29, 1.82) is 0 Å². The molecule has 138 valence electrons. The van der Waals surface area contributed by atoms with Gasteiger partial charge in [-0.15, -0.1) is 0 Å². The minimum Gasteiger partial charge on any atom is -0.504 e. The van der Waals surface area contributed by atoms with Gasteiger partial charge in [-0.25, -0.2) is 9.37 Å². The summed E-state index contributed by atoms with van der Waals surface area (Å²) < 4.78 is 17.7. The van der Waals surface area contributed by atoms with E-state index in [1.807, 2.05) is 0 Å². The monoisotopic (exact) mass is 369 g/mol. The number of nitrogens with zero attached hydrogens (tertiary/aromatic N) is 3. The molecule has 2 heterocycles. The van der Waals surface area contributed by atoms with E-state index in [0.717, 1.165) is 4.90 Å². The number of aromatic hydroxyl groups is 1. The first-order valence-corrected chi connectivity index (χ1v) is 8.03. The van der Waals surface area contributed by atoms with Crippen molar-refractivity contribution in [1.82, 2.24) is 14.9 Å². The van der Waals surface area contributed by atoms with Crippen molar-refractivity contribution in [2.24, 2.45) is 0 Å². The summed E-state index contributed by atoms with van der Waals surface area (Å²) in [6, 6.07) is 8.90. The smallest absolute Gasteiger partial charge is 0.325 e. The fourth-order valence-corrected chi connectivity index (χ4v) is 2.56. The lowest BCUT2D eigenvalue weighted by atomic mass is 10.1. The fraction of sp³-hybridized carbons (Fsp3) is 0.158. The Hall–Kier alpha value is -3.55. The zero-order chi connectivity index (χ0) is 19.4.